The zero-order valence-electron chi connectivity index (χ0n) is 22.4. The number of halogens is 3. The first-order valence-corrected chi connectivity index (χ1v) is 12.6. The van der Waals surface area contributed by atoms with Gasteiger partial charge in [-0.2, -0.15) is 13.2 Å². The fourth-order valence-corrected chi connectivity index (χ4v) is 4.00. The topological polar surface area (TPSA) is 68.2 Å². The minimum atomic E-state index is -4.38. The van der Waals surface area contributed by atoms with Gasteiger partial charge >= 0.3 is 6.18 Å². The maximum atomic E-state index is 13.2. The van der Waals surface area contributed by atoms with Gasteiger partial charge < -0.3 is 10.2 Å². The van der Waals surface area contributed by atoms with Crippen molar-refractivity contribution in [2.45, 2.75) is 60.2 Å². The number of amides is 1. The zero-order chi connectivity index (χ0) is 27.8. The SMILES string of the molecule is C/C=C(\N=C(C(C)CC)N(C)O)C(=O)N1CCc2c(cccc2Nc2ccc(C(F)(F)F)cc2)C1.CC. The highest BCUT2D eigenvalue weighted by atomic mass is 19.4. The van der Waals surface area contributed by atoms with Crippen LogP contribution in [-0.4, -0.2) is 40.5 Å². The zero-order valence-corrected chi connectivity index (χ0v) is 22.4. The number of hydrogen-bond donors (Lipinski definition) is 2. The molecule has 0 saturated carbocycles. The Morgan fingerprint density at radius 3 is 2.41 bits per heavy atom. The van der Waals surface area contributed by atoms with E-state index >= 15 is 0 Å². The van der Waals surface area contributed by atoms with Gasteiger partial charge in [-0.05, 0) is 61.2 Å². The Balaban J connectivity index is 0.00000235. The Bertz CT molecular complexity index is 1110. The van der Waals surface area contributed by atoms with Crippen molar-refractivity contribution >= 4 is 23.1 Å². The lowest BCUT2D eigenvalue weighted by atomic mass is 9.97. The fourth-order valence-electron chi connectivity index (χ4n) is 4.00. The van der Waals surface area contributed by atoms with Crippen LogP contribution in [0.4, 0.5) is 24.5 Å². The summed E-state index contributed by atoms with van der Waals surface area (Å²) < 4.78 is 38.5. The fraction of sp³-hybridized carbons (Fsp3) is 0.429. The molecule has 1 aliphatic rings. The number of amidine groups is 1. The van der Waals surface area contributed by atoms with Gasteiger partial charge in [-0.15, -0.1) is 0 Å². The van der Waals surface area contributed by atoms with Crippen LogP contribution in [0, 0.1) is 5.92 Å². The van der Waals surface area contributed by atoms with Gasteiger partial charge in [-0.25, -0.2) is 10.1 Å². The summed E-state index contributed by atoms with van der Waals surface area (Å²) >= 11 is 0. The third-order valence-corrected chi connectivity index (χ3v) is 6.16. The number of carbonyl (C=O) groups excluding carboxylic acids is 1. The molecule has 0 aliphatic carbocycles. The van der Waals surface area contributed by atoms with E-state index in [1.54, 1.807) is 17.9 Å². The molecule has 1 atom stereocenters. The Kier molecular flexibility index (Phi) is 10.7. The number of nitrogens with one attached hydrogen (secondary N) is 1. The van der Waals surface area contributed by atoms with Crippen molar-refractivity contribution in [3.8, 4) is 0 Å². The molecular weight excluding hydrogens is 481 g/mol. The number of rotatable bonds is 6. The lowest BCUT2D eigenvalue weighted by Crippen LogP contribution is -2.37. The second kappa shape index (κ2) is 13.3. The van der Waals surface area contributed by atoms with Crippen molar-refractivity contribution in [3.63, 3.8) is 0 Å². The molecular formula is C28H37F3N4O2. The van der Waals surface area contributed by atoms with Gasteiger partial charge in [0.2, 0.25) is 0 Å². The molecule has 6 nitrogen and oxygen atoms in total. The highest BCUT2D eigenvalue weighted by Gasteiger charge is 2.30. The molecule has 202 valence electrons. The third kappa shape index (κ3) is 7.58. The smallest absolute Gasteiger partial charge is 0.355 e. The van der Waals surface area contributed by atoms with Crippen LogP contribution in [0.2, 0.25) is 0 Å². The maximum absolute atomic E-state index is 13.2. The van der Waals surface area contributed by atoms with E-state index in [9.17, 15) is 23.2 Å². The van der Waals surface area contributed by atoms with Crippen LogP contribution in [0.3, 0.4) is 0 Å². The molecule has 0 radical (unpaired) electrons. The van der Waals surface area contributed by atoms with Gasteiger partial charge in [0, 0.05) is 37.4 Å². The molecule has 1 unspecified atom stereocenters. The van der Waals surface area contributed by atoms with Crippen molar-refractivity contribution in [1.82, 2.24) is 9.96 Å². The van der Waals surface area contributed by atoms with E-state index in [-0.39, 0.29) is 17.5 Å². The number of hydrogen-bond acceptors (Lipinski definition) is 4. The number of allylic oxidation sites excluding steroid dienone is 1. The Hall–Kier alpha value is -3.33. The molecule has 2 aromatic carbocycles. The van der Waals surface area contributed by atoms with Gasteiger partial charge in [0.05, 0.1) is 5.56 Å². The average molecular weight is 519 g/mol. The van der Waals surface area contributed by atoms with E-state index in [0.717, 1.165) is 40.4 Å². The number of benzene rings is 2. The third-order valence-electron chi connectivity index (χ3n) is 6.16. The second-order valence-electron chi connectivity index (χ2n) is 8.60. The first-order valence-electron chi connectivity index (χ1n) is 12.6. The standard InChI is InChI=1S/C26H31F3N4O2.C2H6/c1-5-17(3)24(32(4)35)31-22(6-2)25(34)33-15-14-21-18(16-33)8-7-9-23(21)30-20-12-10-19(11-13-20)26(27,28)29;1-2/h6-13,17,30,35H,5,14-16H2,1-4H3;1-2H3/b22-6-,31-24?;. The molecule has 37 heavy (non-hydrogen) atoms. The van der Waals surface area contributed by atoms with E-state index in [1.807, 2.05) is 45.9 Å². The summed E-state index contributed by atoms with van der Waals surface area (Å²) in [4.78, 5) is 19.4. The van der Waals surface area contributed by atoms with E-state index in [1.165, 1.54) is 19.2 Å². The molecule has 3 rings (SSSR count). The molecule has 1 heterocycles. The summed E-state index contributed by atoms with van der Waals surface area (Å²) in [5.74, 6) is 0.185. The van der Waals surface area contributed by atoms with Crippen LogP contribution in [0.15, 0.2) is 59.2 Å². The highest BCUT2D eigenvalue weighted by molar-refractivity contribution is 5.97. The first kappa shape index (κ1) is 29.9. The molecule has 2 aromatic rings. The van der Waals surface area contributed by atoms with Crippen molar-refractivity contribution in [1.29, 1.82) is 0 Å². The van der Waals surface area contributed by atoms with E-state index < -0.39 is 11.7 Å². The van der Waals surface area contributed by atoms with Crippen molar-refractivity contribution in [2.75, 3.05) is 18.9 Å². The van der Waals surface area contributed by atoms with Crippen molar-refractivity contribution < 1.29 is 23.2 Å². The number of anilines is 2. The Labute approximate surface area is 217 Å². The van der Waals surface area contributed by atoms with Gasteiger partial charge in [0.25, 0.3) is 5.91 Å². The van der Waals surface area contributed by atoms with Crippen LogP contribution >= 0.6 is 0 Å². The quantitative estimate of drug-likeness (QED) is 0.186. The van der Waals surface area contributed by atoms with Gasteiger partial charge in [-0.1, -0.05) is 45.9 Å². The molecule has 2 N–H and O–H groups in total. The largest absolute Gasteiger partial charge is 0.416 e. The molecule has 0 bridgehead atoms. The molecule has 9 heteroatoms. The minimum absolute atomic E-state index is 0.0198. The summed E-state index contributed by atoms with van der Waals surface area (Å²) in [7, 11) is 1.49. The molecule has 1 aliphatic heterocycles. The lowest BCUT2D eigenvalue weighted by molar-refractivity contribution is -0.137. The molecule has 1 amide bonds. The van der Waals surface area contributed by atoms with E-state index in [4.69, 9.17) is 0 Å². The minimum Gasteiger partial charge on any atom is -0.355 e. The molecule has 0 spiro atoms. The van der Waals surface area contributed by atoms with E-state index in [2.05, 4.69) is 10.3 Å². The summed E-state index contributed by atoms with van der Waals surface area (Å²) in [6.45, 7) is 10.5. The summed E-state index contributed by atoms with van der Waals surface area (Å²) in [5.41, 5.74) is 2.92. The maximum Gasteiger partial charge on any atom is 0.416 e. The lowest BCUT2D eigenvalue weighted by Gasteiger charge is -2.31. The highest BCUT2D eigenvalue weighted by Crippen LogP contribution is 2.32. The van der Waals surface area contributed by atoms with Crippen LogP contribution in [-0.2, 0) is 23.9 Å². The van der Waals surface area contributed by atoms with E-state index in [0.29, 0.717) is 31.0 Å². The molecule has 0 saturated heterocycles. The molecule has 0 aromatic heterocycles. The van der Waals surface area contributed by atoms with Crippen molar-refractivity contribution in [2.24, 2.45) is 10.9 Å². The number of aliphatic imine (C=N–C) groups is 1. The van der Waals surface area contributed by atoms with Crippen LogP contribution in [0.25, 0.3) is 0 Å². The van der Waals surface area contributed by atoms with Crippen LogP contribution in [0.1, 0.15) is 57.7 Å². The average Bonchev–Trinajstić information content (AvgIpc) is 2.89. The predicted octanol–water partition coefficient (Wildman–Crippen LogP) is 7.03. The van der Waals surface area contributed by atoms with Gasteiger partial charge in [-0.3, -0.25) is 10.0 Å². The predicted molar refractivity (Wildman–Crippen MR) is 142 cm³/mol. The number of nitrogens with zero attached hydrogens (tertiary/aromatic N) is 3. The van der Waals surface area contributed by atoms with Crippen LogP contribution in [0.5, 0.6) is 0 Å². The Morgan fingerprint density at radius 1 is 1.22 bits per heavy atom. The summed E-state index contributed by atoms with van der Waals surface area (Å²) in [6.07, 6.45) is -1.38. The number of alkyl halides is 3. The normalized spacial score (nSPS) is 14.8. The summed E-state index contributed by atoms with van der Waals surface area (Å²) in [6, 6.07) is 10.6. The first-order chi connectivity index (χ1) is 17.5. The van der Waals surface area contributed by atoms with Crippen LogP contribution < -0.4 is 5.32 Å². The number of fused-ring (bicyclic) bond motifs is 1. The number of carbonyl (C=O) groups is 1. The van der Waals surface area contributed by atoms with Gasteiger partial charge in [0.15, 0.2) is 0 Å². The summed E-state index contributed by atoms with van der Waals surface area (Å²) in [5, 5.41) is 14.1. The monoisotopic (exact) mass is 518 g/mol. The number of hydroxylamine groups is 2. The second-order valence-corrected chi connectivity index (χ2v) is 8.60. The van der Waals surface area contributed by atoms with Crippen molar-refractivity contribution in [3.05, 3.63) is 70.9 Å². The van der Waals surface area contributed by atoms with Gasteiger partial charge in [0.1, 0.15) is 11.5 Å². The Morgan fingerprint density at radius 2 is 1.86 bits per heavy atom. The molecule has 0 fully saturated rings.